The Balaban J connectivity index is 1.69. The smallest absolute Gasteiger partial charge is 0.227 e. The normalized spacial score (nSPS) is 19.4. The molecule has 2 aromatic rings. The van der Waals surface area contributed by atoms with Gasteiger partial charge in [-0.1, -0.05) is 12.1 Å². The van der Waals surface area contributed by atoms with Crippen molar-refractivity contribution in [2.45, 2.75) is 32.2 Å². The lowest BCUT2D eigenvalue weighted by Crippen LogP contribution is -2.23. The van der Waals surface area contributed by atoms with Gasteiger partial charge in [0.25, 0.3) is 0 Å². The molecule has 25 heavy (non-hydrogen) atoms. The Labute approximate surface area is 148 Å². The van der Waals surface area contributed by atoms with Crippen molar-refractivity contribution in [1.82, 2.24) is 0 Å². The zero-order valence-corrected chi connectivity index (χ0v) is 14.4. The van der Waals surface area contributed by atoms with Gasteiger partial charge >= 0.3 is 0 Å². The van der Waals surface area contributed by atoms with Crippen LogP contribution in [0.2, 0.25) is 0 Å². The molecule has 3 N–H and O–H groups in total. The van der Waals surface area contributed by atoms with Crippen LogP contribution in [0.4, 0.5) is 5.69 Å². The minimum Gasteiger partial charge on any atom is -0.494 e. The van der Waals surface area contributed by atoms with Gasteiger partial charge in [-0.2, -0.15) is 0 Å². The second-order valence-corrected chi connectivity index (χ2v) is 6.26. The quantitative estimate of drug-likeness (QED) is 0.835. The van der Waals surface area contributed by atoms with Crippen LogP contribution in [-0.4, -0.2) is 18.6 Å². The molecule has 2 unspecified atom stereocenters. The van der Waals surface area contributed by atoms with Crippen molar-refractivity contribution in [3.63, 3.8) is 0 Å². The minimum absolute atomic E-state index is 0.00990. The van der Waals surface area contributed by atoms with Gasteiger partial charge in [0.05, 0.1) is 12.3 Å². The third-order valence-corrected chi connectivity index (χ3v) is 4.35. The number of carbonyl (C=O) groups is 1. The summed E-state index contributed by atoms with van der Waals surface area (Å²) in [5.41, 5.74) is 6.58. The highest BCUT2D eigenvalue weighted by molar-refractivity contribution is 5.94. The summed E-state index contributed by atoms with van der Waals surface area (Å²) >= 11 is 0. The first-order valence-corrected chi connectivity index (χ1v) is 8.72. The zero-order chi connectivity index (χ0) is 17.6. The fourth-order valence-corrected chi connectivity index (χ4v) is 3.05. The van der Waals surface area contributed by atoms with E-state index in [4.69, 9.17) is 15.2 Å². The first-order chi connectivity index (χ1) is 12.2. The molecule has 0 aliphatic heterocycles. The van der Waals surface area contributed by atoms with Gasteiger partial charge < -0.3 is 20.5 Å². The molecule has 1 amide bonds. The summed E-state index contributed by atoms with van der Waals surface area (Å²) in [6, 6.07) is 15.0. The standard InChI is InChI=1S/C20H24N2O3/c1-2-24-16-9-11-17(12-10-16)25-19-6-4-3-5-18(19)22-20(23)14-7-8-15(21)13-14/h3-6,9-12,14-15H,2,7-8,13,21H2,1H3,(H,22,23). The van der Waals surface area contributed by atoms with Crippen LogP contribution in [0.15, 0.2) is 48.5 Å². The molecular weight excluding hydrogens is 316 g/mol. The molecule has 0 saturated heterocycles. The van der Waals surface area contributed by atoms with Crippen LogP contribution in [0.25, 0.3) is 0 Å². The molecule has 0 bridgehead atoms. The maximum Gasteiger partial charge on any atom is 0.227 e. The number of benzene rings is 2. The number of amides is 1. The second-order valence-electron chi connectivity index (χ2n) is 6.26. The average Bonchev–Trinajstić information content (AvgIpc) is 3.05. The molecule has 1 saturated carbocycles. The fraction of sp³-hybridized carbons (Fsp3) is 0.350. The first-order valence-electron chi connectivity index (χ1n) is 8.72. The third kappa shape index (κ3) is 4.51. The summed E-state index contributed by atoms with van der Waals surface area (Å²) in [5.74, 6) is 2.09. The molecule has 5 heteroatoms. The third-order valence-electron chi connectivity index (χ3n) is 4.35. The average molecular weight is 340 g/mol. The van der Waals surface area contributed by atoms with Crippen molar-refractivity contribution in [2.75, 3.05) is 11.9 Å². The molecule has 1 aliphatic rings. The molecule has 132 valence electrons. The van der Waals surface area contributed by atoms with Gasteiger partial charge in [0.1, 0.15) is 11.5 Å². The van der Waals surface area contributed by atoms with Crippen molar-refractivity contribution in [3.05, 3.63) is 48.5 Å². The maximum absolute atomic E-state index is 12.4. The van der Waals surface area contributed by atoms with Crippen molar-refractivity contribution in [3.8, 4) is 17.2 Å². The van der Waals surface area contributed by atoms with E-state index in [-0.39, 0.29) is 17.9 Å². The number of hydrogen-bond acceptors (Lipinski definition) is 4. The lowest BCUT2D eigenvalue weighted by atomic mass is 10.1. The van der Waals surface area contributed by atoms with Crippen LogP contribution < -0.4 is 20.5 Å². The molecule has 0 radical (unpaired) electrons. The van der Waals surface area contributed by atoms with Crippen LogP contribution in [-0.2, 0) is 4.79 Å². The van der Waals surface area contributed by atoms with Crippen LogP contribution in [0.5, 0.6) is 17.2 Å². The Morgan fingerprint density at radius 2 is 1.84 bits per heavy atom. The van der Waals surface area contributed by atoms with E-state index in [0.717, 1.165) is 25.0 Å². The number of nitrogens with one attached hydrogen (secondary N) is 1. The van der Waals surface area contributed by atoms with E-state index in [9.17, 15) is 4.79 Å². The van der Waals surface area contributed by atoms with E-state index in [2.05, 4.69) is 5.32 Å². The van der Waals surface area contributed by atoms with Crippen molar-refractivity contribution < 1.29 is 14.3 Å². The Morgan fingerprint density at radius 3 is 2.52 bits per heavy atom. The lowest BCUT2D eigenvalue weighted by molar-refractivity contribution is -0.119. The lowest BCUT2D eigenvalue weighted by Gasteiger charge is -2.15. The minimum atomic E-state index is -0.0199. The molecule has 2 aromatic carbocycles. The van der Waals surface area contributed by atoms with Crippen molar-refractivity contribution in [2.24, 2.45) is 11.7 Å². The number of carbonyl (C=O) groups excluding carboxylic acids is 1. The summed E-state index contributed by atoms with van der Waals surface area (Å²) in [5, 5.41) is 2.98. The molecule has 5 nitrogen and oxygen atoms in total. The van der Waals surface area contributed by atoms with E-state index < -0.39 is 0 Å². The van der Waals surface area contributed by atoms with Gasteiger partial charge in [-0.25, -0.2) is 0 Å². The van der Waals surface area contributed by atoms with E-state index >= 15 is 0 Å². The number of anilines is 1. The van der Waals surface area contributed by atoms with Crippen LogP contribution in [0, 0.1) is 5.92 Å². The van der Waals surface area contributed by atoms with E-state index in [1.54, 1.807) is 0 Å². The monoisotopic (exact) mass is 340 g/mol. The van der Waals surface area contributed by atoms with Gasteiger partial charge in [-0.05, 0) is 62.6 Å². The summed E-state index contributed by atoms with van der Waals surface area (Å²) in [6.07, 6.45) is 2.49. The maximum atomic E-state index is 12.4. The molecule has 1 aliphatic carbocycles. The predicted octanol–water partition coefficient (Wildman–Crippen LogP) is 3.94. The topological polar surface area (TPSA) is 73.6 Å². The summed E-state index contributed by atoms with van der Waals surface area (Å²) in [7, 11) is 0. The number of ether oxygens (including phenoxy) is 2. The van der Waals surface area contributed by atoms with Crippen LogP contribution >= 0.6 is 0 Å². The highest BCUT2D eigenvalue weighted by Gasteiger charge is 2.28. The summed E-state index contributed by atoms with van der Waals surface area (Å²) in [4.78, 5) is 12.4. The van der Waals surface area contributed by atoms with Gasteiger partial charge in [-0.3, -0.25) is 4.79 Å². The van der Waals surface area contributed by atoms with Gasteiger partial charge in [0.15, 0.2) is 5.75 Å². The number of rotatable bonds is 6. The first kappa shape index (κ1) is 17.3. The molecule has 0 spiro atoms. The molecule has 3 rings (SSSR count). The molecule has 1 fully saturated rings. The molecule has 0 aromatic heterocycles. The Bertz CT molecular complexity index is 715. The van der Waals surface area contributed by atoms with Gasteiger partial charge in [-0.15, -0.1) is 0 Å². The molecular formula is C20H24N2O3. The number of hydrogen-bond donors (Lipinski definition) is 2. The van der Waals surface area contributed by atoms with E-state index in [1.165, 1.54) is 0 Å². The highest BCUT2D eigenvalue weighted by atomic mass is 16.5. The number of para-hydroxylation sites is 2. The Morgan fingerprint density at radius 1 is 1.12 bits per heavy atom. The van der Waals surface area contributed by atoms with Crippen LogP contribution in [0.3, 0.4) is 0 Å². The van der Waals surface area contributed by atoms with Gasteiger partial charge in [0.2, 0.25) is 5.91 Å². The Kier molecular flexibility index (Phi) is 5.56. The predicted molar refractivity (Wildman–Crippen MR) is 98.1 cm³/mol. The van der Waals surface area contributed by atoms with Crippen LogP contribution in [0.1, 0.15) is 26.2 Å². The molecule has 2 atom stereocenters. The largest absolute Gasteiger partial charge is 0.494 e. The summed E-state index contributed by atoms with van der Waals surface area (Å²) < 4.78 is 11.4. The van der Waals surface area contributed by atoms with Crippen molar-refractivity contribution >= 4 is 11.6 Å². The van der Waals surface area contributed by atoms with E-state index in [0.29, 0.717) is 23.8 Å². The van der Waals surface area contributed by atoms with E-state index in [1.807, 2.05) is 55.5 Å². The molecule has 0 heterocycles. The Hall–Kier alpha value is -2.53. The number of nitrogens with two attached hydrogens (primary N) is 1. The van der Waals surface area contributed by atoms with Gasteiger partial charge in [0, 0.05) is 12.0 Å². The summed E-state index contributed by atoms with van der Waals surface area (Å²) in [6.45, 7) is 2.57. The highest BCUT2D eigenvalue weighted by Crippen LogP contribution is 2.32. The SMILES string of the molecule is CCOc1ccc(Oc2ccccc2NC(=O)C2CCC(N)C2)cc1. The second kappa shape index (κ2) is 8.03. The van der Waals surface area contributed by atoms with Crippen molar-refractivity contribution in [1.29, 1.82) is 0 Å². The fourth-order valence-electron chi connectivity index (χ4n) is 3.05. The zero-order valence-electron chi connectivity index (χ0n) is 14.4.